The van der Waals surface area contributed by atoms with Gasteiger partial charge in [0.1, 0.15) is 0 Å². The maximum absolute atomic E-state index is 12.0. The van der Waals surface area contributed by atoms with E-state index in [1.165, 1.54) is 38.4 Å². The maximum atomic E-state index is 12.0. The second kappa shape index (κ2) is 7.91. The van der Waals surface area contributed by atoms with Gasteiger partial charge in [-0.25, -0.2) is 12.7 Å². The monoisotopic (exact) mass is 361 g/mol. The van der Waals surface area contributed by atoms with E-state index in [-0.39, 0.29) is 22.9 Å². The van der Waals surface area contributed by atoms with Gasteiger partial charge < -0.3 is 10.6 Å². The zero-order valence-electron chi connectivity index (χ0n) is 13.9. The van der Waals surface area contributed by atoms with Crippen LogP contribution >= 0.6 is 0 Å². The molecular weight excluding hydrogens is 342 g/mol. The summed E-state index contributed by atoms with van der Waals surface area (Å²) in [5.74, 6) is -0.816. The molecule has 0 aliphatic carbocycles. The van der Waals surface area contributed by atoms with Crippen LogP contribution in [0.4, 0.5) is 5.69 Å². The smallest absolute Gasteiger partial charge is 0.251 e. The van der Waals surface area contributed by atoms with Crippen molar-refractivity contribution in [3.8, 4) is 0 Å². The summed E-state index contributed by atoms with van der Waals surface area (Å²) in [6, 6.07) is 14.4. The zero-order valence-corrected chi connectivity index (χ0v) is 14.7. The fraction of sp³-hybridized carbons (Fsp3) is 0.176. The molecule has 0 aliphatic rings. The lowest BCUT2D eigenvalue weighted by Gasteiger charge is -2.11. The van der Waals surface area contributed by atoms with Crippen LogP contribution in [0.15, 0.2) is 59.5 Å². The first-order valence-corrected chi connectivity index (χ1v) is 8.90. The van der Waals surface area contributed by atoms with E-state index in [1.54, 1.807) is 24.3 Å². The quantitative estimate of drug-likeness (QED) is 0.811. The molecule has 2 N–H and O–H groups in total. The lowest BCUT2D eigenvalue weighted by atomic mass is 10.2. The predicted molar refractivity (Wildman–Crippen MR) is 94.7 cm³/mol. The summed E-state index contributed by atoms with van der Waals surface area (Å²) in [6.07, 6.45) is 0. The van der Waals surface area contributed by atoms with Gasteiger partial charge in [0, 0.05) is 25.3 Å². The highest BCUT2D eigenvalue weighted by atomic mass is 32.2. The van der Waals surface area contributed by atoms with Crippen molar-refractivity contribution in [1.29, 1.82) is 0 Å². The number of benzene rings is 2. The summed E-state index contributed by atoms with van der Waals surface area (Å²) in [7, 11) is -0.678. The third kappa shape index (κ3) is 4.88. The number of sulfonamides is 1. The highest BCUT2D eigenvalue weighted by Crippen LogP contribution is 2.14. The molecule has 0 unspecified atom stereocenters. The number of carbonyl (C=O) groups is 2. The van der Waals surface area contributed by atoms with Gasteiger partial charge in [0.05, 0.1) is 11.4 Å². The minimum atomic E-state index is -3.54. The van der Waals surface area contributed by atoms with Crippen LogP contribution in [0, 0.1) is 0 Å². The predicted octanol–water partition coefficient (Wildman–Crippen LogP) is 1.31. The molecular formula is C17H19N3O4S. The second-order valence-electron chi connectivity index (χ2n) is 5.41. The summed E-state index contributed by atoms with van der Waals surface area (Å²) in [4.78, 5) is 23.9. The molecule has 0 fully saturated rings. The summed E-state index contributed by atoms with van der Waals surface area (Å²) in [5.41, 5.74) is 0.908. The molecule has 7 nitrogen and oxygen atoms in total. The topological polar surface area (TPSA) is 95.6 Å². The number of hydrogen-bond acceptors (Lipinski definition) is 4. The van der Waals surface area contributed by atoms with E-state index in [1.807, 2.05) is 6.07 Å². The average molecular weight is 361 g/mol. The van der Waals surface area contributed by atoms with Crippen LogP contribution in [-0.4, -0.2) is 45.2 Å². The van der Waals surface area contributed by atoms with E-state index in [4.69, 9.17) is 0 Å². The third-order valence-electron chi connectivity index (χ3n) is 3.36. The van der Waals surface area contributed by atoms with Crippen LogP contribution in [0.3, 0.4) is 0 Å². The molecule has 2 aromatic rings. The summed E-state index contributed by atoms with van der Waals surface area (Å²) >= 11 is 0. The zero-order chi connectivity index (χ0) is 18.4. The molecule has 0 saturated heterocycles. The number of hydrogen-bond donors (Lipinski definition) is 2. The minimum Gasteiger partial charge on any atom is -0.343 e. The Morgan fingerprint density at radius 2 is 1.56 bits per heavy atom. The maximum Gasteiger partial charge on any atom is 0.251 e. The van der Waals surface area contributed by atoms with Gasteiger partial charge in [-0.05, 0) is 36.4 Å². The first-order valence-electron chi connectivity index (χ1n) is 7.46. The van der Waals surface area contributed by atoms with Crippen molar-refractivity contribution in [2.24, 2.45) is 0 Å². The van der Waals surface area contributed by atoms with Gasteiger partial charge in [-0.1, -0.05) is 18.2 Å². The van der Waals surface area contributed by atoms with Crippen LogP contribution in [-0.2, 0) is 14.8 Å². The average Bonchev–Trinajstić information content (AvgIpc) is 2.60. The largest absolute Gasteiger partial charge is 0.343 e. The van der Waals surface area contributed by atoms with Gasteiger partial charge in [-0.15, -0.1) is 0 Å². The van der Waals surface area contributed by atoms with Gasteiger partial charge in [0.15, 0.2) is 0 Å². The first-order chi connectivity index (χ1) is 11.8. The number of anilines is 1. The standard InChI is InChI=1S/C17H19N3O4S/c1-20(2)25(23,24)15-10-8-13(9-11-15)17(22)18-12-16(21)19-14-6-4-3-5-7-14/h3-11H,12H2,1-2H3,(H,18,22)(H,19,21). The Hall–Kier alpha value is -2.71. The molecule has 0 spiro atoms. The highest BCUT2D eigenvalue weighted by Gasteiger charge is 2.17. The fourth-order valence-electron chi connectivity index (χ4n) is 1.98. The number of carbonyl (C=O) groups excluding carboxylic acids is 2. The Morgan fingerprint density at radius 1 is 0.960 bits per heavy atom. The molecule has 2 amide bonds. The molecule has 0 aromatic heterocycles. The number of nitrogens with zero attached hydrogens (tertiary/aromatic N) is 1. The Morgan fingerprint density at radius 3 is 2.12 bits per heavy atom. The highest BCUT2D eigenvalue weighted by molar-refractivity contribution is 7.89. The van der Waals surface area contributed by atoms with Crippen molar-refractivity contribution in [3.63, 3.8) is 0 Å². The van der Waals surface area contributed by atoms with Crippen molar-refractivity contribution in [2.45, 2.75) is 4.90 Å². The van der Waals surface area contributed by atoms with E-state index >= 15 is 0 Å². The molecule has 0 radical (unpaired) electrons. The van der Waals surface area contributed by atoms with E-state index < -0.39 is 15.9 Å². The Balaban J connectivity index is 1.94. The van der Waals surface area contributed by atoms with Crippen molar-refractivity contribution in [1.82, 2.24) is 9.62 Å². The summed E-state index contributed by atoms with van der Waals surface area (Å²) < 4.78 is 25.0. The first kappa shape index (κ1) is 18.6. The molecule has 0 aliphatic heterocycles. The lowest BCUT2D eigenvalue weighted by molar-refractivity contribution is -0.115. The van der Waals surface area contributed by atoms with Crippen LogP contribution in [0.5, 0.6) is 0 Å². The number of nitrogens with one attached hydrogen (secondary N) is 2. The molecule has 8 heteroatoms. The molecule has 2 aromatic carbocycles. The van der Waals surface area contributed by atoms with Crippen molar-refractivity contribution in [3.05, 3.63) is 60.2 Å². The lowest BCUT2D eigenvalue weighted by Crippen LogP contribution is -2.32. The van der Waals surface area contributed by atoms with Crippen LogP contribution in [0.25, 0.3) is 0 Å². The molecule has 0 bridgehead atoms. The Bertz CT molecular complexity index is 847. The molecule has 0 heterocycles. The van der Waals surface area contributed by atoms with Crippen LogP contribution in [0.2, 0.25) is 0 Å². The van der Waals surface area contributed by atoms with Crippen molar-refractivity contribution >= 4 is 27.5 Å². The molecule has 2 rings (SSSR count). The molecule has 132 valence electrons. The number of para-hydroxylation sites is 1. The van der Waals surface area contributed by atoms with E-state index in [0.717, 1.165) is 4.31 Å². The number of amides is 2. The van der Waals surface area contributed by atoms with Crippen molar-refractivity contribution < 1.29 is 18.0 Å². The van der Waals surface area contributed by atoms with E-state index in [0.29, 0.717) is 5.69 Å². The molecule has 0 saturated carbocycles. The normalized spacial score (nSPS) is 11.2. The third-order valence-corrected chi connectivity index (χ3v) is 5.19. The summed E-state index contributed by atoms with van der Waals surface area (Å²) in [5, 5.41) is 5.14. The van der Waals surface area contributed by atoms with Gasteiger partial charge in [-0.3, -0.25) is 9.59 Å². The number of rotatable bonds is 6. The fourth-order valence-corrected chi connectivity index (χ4v) is 2.88. The van der Waals surface area contributed by atoms with Gasteiger partial charge in [0.25, 0.3) is 5.91 Å². The van der Waals surface area contributed by atoms with Gasteiger partial charge >= 0.3 is 0 Å². The van der Waals surface area contributed by atoms with Gasteiger partial charge in [-0.2, -0.15) is 0 Å². The minimum absolute atomic E-state index is 0.0934. The van der Waals surface area contributed by atoms with E-state index in [9.17, 15) is 18.0 Å². The van der Waals surface area contributed by atoms with Crippen LogP contribution in [0.1, 0.15) is 10.4 Å². The van der Waals surface area contributed by atoms with E-state index in [2.05, 4.69) is 10.6 Å². The van der Waals surface area contributed by atoms with Crippen LogP contribution < -0.4 is 10.6 Å². The molecule has 25 heavy (non-hydrogen) atoms. The summed E-state index contributed by atoms with van der Waals surface area (Å²) in [6.45, 7) is -0.189. The second-order valence-corrected chi connectivity index (χ2v) is 7.56. The van der Waals surface area contributed by atoms with Gasteiger partial charge in [0.2, 0.25) is 15.9 Å². The Kier molecular flexibility index (Phi) is 5.89. The van der Waals surface area contributed by atoms with Crippen molar-refractivity contribution in [2.75, 3.05) is 26.0 Å². The Labute approximate surface area is 146 Å². The SMILES string of the molecule is CN(C)S(=O)(=O)c1ccc(C(=O)NCC(=O)Nc2ccccc2)cc1. The molecule has 0 atom stereocenters.